The molecule has 1 aromatic carbocycles. The van der Waals surface area contributed by atoms with E-state index in [0.717, 1.165) is 10.1 Å². The second kappa shape index (κ2) is 6.11. The Morgan fingerprint density at radius 2 is 2.25 bits per heavy atom. The largest absolute Gasteiger partial charge is 0.397 e. The number of thiophene rings is 1. The molecule has 0 spiro atoms. The van der Waals surface area contributed by atoms with Gasteiger partial charge in [0.15, 0.2) is 0 Å². The minimum absolute atomic E-state index is 0.165. The lowest BCUT2D eigenvalue weighted by molar-refractivity contribution is 0.0948. The van der Waals surface area contributed by atoms with Crippen molar-refractivity contribution in [1.82, 2.24) is 5.32 Å². The first-order valence-corrected chi connectivity index (χ1v) is 8.89. The number of carbonyl (C=O) groups excluding carboxylic acids is 1. The Labute approximate surface area is 128 Å². The molecule has 3 N–H and O–H groups in total. The minimum atomic E-state index is -0.952. The van der Waals surface area contributed by atoms with Gasteiger partial charge in [-0.25, -0.2) is 0 Å². The van der Waals surface area contributed by atoms with Crippen LogP contribution >= 0.6 is 22.9 Å². The zero-order valence-corrected chi connectivity index (χ0v) is 13.5. The Bertz CT molecular complexity index is 684. The first kappa shape index (κ1) is 15.3. The molecule has 0 aliphatic carbocycles. The molecule has 108 valence electrons. The van der Waals surface area contributed by atoms with E-state index < -0.39 is 10.8 Å². The molecule has 0 aliphatic rings. The summed E-state index contributed by atoms with van der Waals surface area (Å²) in [7, 11) is -0.952. The summed E-state index contributed by atoms with van der Waals surface area (Å²) in [6, 6.07) is 5.20. The van der Waals surface area contributed by atoms with Crippen LogP contribution in [-0.2, 0) is 10.8 Å². The molecule has 20 heavy (non-hydrogen) atoms. The van der Waals surface area contributed by atoms with Crippen LogP contribution in [0.1, 0.15) is 16.6 Å². The highest BCUT2D eigenvalue weighted by molar-refractivity contribution is 7.84. The first-order valence-electron chi connectivity index (χ1n) is 5.97. The van der Waals surface area contributed by atoms with E-state index in [1.807, 2.05) is 13.0 Å². The number of anilines is 1. The smallest absolute Gasteiger partial charge is 0.263 e. The normalized spacial score (nSPS) is 14.2. The van der Waals surface area contributed by atoms with Crippen molar-refractivity contribution in [2.45, 2.75) is 13.0 Å². The molecule has 7 heteroatoms. The second-order valence-corrected chi connectivity index (χ2v) is 7.57. The molecule has 2 unspecified atom stereocenters. The minimum Gasteiger partial charge on any atom is -0.397 e. The van der Waals surface area contributed by atoms with Crippen molar-refractivity contribution in [3.05, 3.63) is 28.1 Å². The molecular weight excluding hydrogens is 316 g/mol. The number of nitrogen functional groups attached to an aromatic ring is 1. The van der Waals surface area contributed by atoms with Crippen LogP contribution in [0.4, 0.5) is 5.69 Å². The van der Waals surface area contributed by atoms with Gasteiger partial charge in [-0.1, -0.05) is 11.6 Å². The Balaban J connectivity index is 2.26. The highest BCUT2D eigenvalue weighted by atomic mass is 35.5. The average molecular weight is 331 g/mol. The molecule has 2 atom stereocenters. The fraction of sp³-hybridized carbons (Fsp3) is 0.308. The number of fused-ring (bicyclic) bond motifs is 1. The third-order valence-electron chi connectivity index (χ3n) is 2.76. The van der Waals surface area contributed by atoms with Crippen LogP contribution in [0, 0.1) is 0 Å². The molecule has 1 heterocycles. The summed E-state index contributed by atoms with van der Waals surface area (Å²) in [6.45, 7) is 1.82. The standard InChI is InChI=1S/C13H15ClN2O2S2/c1-7(6-20(2)18)16-13(17)12-11(15)9-5-8(14)3-4-10(9)19-12/h3-5,7H,6,15H2,1-2H3,(H,16,17). The maximum atomic E-state index is 12.2. The number of hydrogen-bond acceptors (Lipinski definition) is 4. The van der Waals surface area contributed by atoms with Gasteiger partial charge < -0.3 is 11.1 Å². The van der Waals surface area contributed by atoms with Crippen molar-refractivity contribution >= 4 is 55.4 Å². The fourth-order valence-electron chi connectivity index (χ4n) is 1.94. The van der Waals surface area contributed by atoms with Crippen molar-refractivity contribution in [3.8, 4) is 0 Å². The van der Waals surface area contributed by atoms with Crippen LogP contribution in [0.3, 0.4) is 0 Å². The van der Waals surface area contributed by atoms with Gasteiger partial charge in [-0.3, -0.25) is 9.00 Å². The van der Waals surface area contributed by atoms with Crippen LogP contribution in [-0.4, -0.2) is 28.2 Å². The van der Waals surface area contributed by atoms with Gasteiger partial charge in [-0.05, 0) is 25.1 Å². The van der Waals surface area contributed by atoms with Crippen LogP contribution in [0.5, 0.6) is 0 Å². The number of nitrogens with one attached hydrogen (secondary N) is 1. The van der Waals surface area contributed by atoms with Crippen LogP contribution in [0.2, 0.25) is 5.02 Å². The highest BCUT2D eigenvalue weighted by Gasteiger charge is 2.18. The molecule has 0 aliphatic heterocycles. The summed E-state index contributed by atoms with van der Waals surface area (Å²) in [6.07, 6.45) is 1.61. The molecular formula is C13H15ClN2O2S2. The predicted molar refractivity (Wildman–Crippen MR) is 87.1 cm³/mol. The lowest BCUT2D eigenvalue weighted by Gasteiger charge is -2.11. The van der Waals surface area contributed by atoms with E-state index in [1.54, 1.807) is 18.4 Å². The van der Waals surface area contributed by atoms with E-state index in [2.05, 4.69) is 5.32 Å². The Morgan fingerprint density at radius 1 is 1.55 bits per heavy atom. The second-order valence-electron chi connectivity index (χ2n) is 4.60. The third-order valence-corrected chi connectivity index (χ3v) is 5.15. The summed E-state index contributed by atoms with van der Waals surface area (Å²) >= 11 is 7.27. The average Bonchev–Trinajstić information content (AvgIpc) is 2.65. The van der Waals surface area contributed by atoms with Crippen molar-refractivity contribution in [2.24, 2.45) is 0 Å². The first-order chi connectivity index (χ1) is 9.38. The highest BCUT2D eigenvalue weighted by Crippen LogP contribution is 2.35. The Hall–Kier alpha value is -1.11. The van der Waals surface area contributed by atoms with Gasteiger partial charge in [-0.15, -0.1) is 11.3 Å². The molecule has 0 saturated carbocycles. The van der Waals surface area contributed by atoms with Gasteiger partial charge in [0.2, 0.25) is 0 Å². The molecule has 0 fully saturated rings. The van der Waals surface area contributed by atoms with Gasteiger partial charge in [0.25, 0.3) is 5.91 Å². The number of amides is 1. The van der Waals surface area contributed by atoms with Crippen molar-refractivity contribution in [1.29, 1.82) is 0 Å². The quantitative estimate of drug-likeness (QED) is 0.905. The maximum Gasteiger partial charge on any atom is 0.263 e. The summed E-state index contributed by atoms with van der Waals surface area (Å²) in [5.74, 6) is 0.181. The lowest BCUT2D eigenvalue weighted by atomic mass is 10.2. The summed E-state index contributed by atoms with van der Waals surface area (Å²) in [5.41, 5.74) is 6.46. The zero-order chi connectivity index (χ0) is 14.9. The molecule has 0 bridgehead atoms. The topological polar surface area (TPSA) is 72.2 Å². The SMILES string of the molecule is CC(CS(C)=O)NC(=O)c1sc2ccc(Cl)cc2c1N. The molecule has 0 radical (unpaired) electrons. The van der Waals surface area contributed by atoms with Crippen LogP contribution < -0.4 is 11.1 Å². The van der Waals surface area contributed by atoms with E-state index in [9.17, 15) is 9.00 Å². The van der Waals surface area contributed by atoms with Crippen molar-refractivity contribution < 1.29 is 9.00 Å². The number of rotatable bonds is 4. The maximum absolute atomic E-state index is 12.2. The molecule has 2 rings (SSSR count). The number of carbonyl (C=O) groups is 1. The summed E-state index contributed by atoms with van der Waals surface area (Å²) < 4.78 is 12.1. The van der Waals surface area contributed by atoms with Gasteiger partial charge in [0.1, 0.15) is 4.88 Å². The van der Waals surface area contributed by atoms with E-state index >= 15 is 0 Å². The fourth-order valence-corrected chi connectivity index (χ4v) is 3.91. The molecule has 1 amide bonds. The Morgan fingerprint density at radius 3 is 2.90 bits per heavy atom. The molecule has 2 aromatic rings. The van der Waals surface area contributed by atoms with Crippen molar-refractivity contribution in [3.63, 3.8) is 0 Å². The van der Waals surface area contributed by atoms with Gasteiger partial charge in [-0.2, -0.15) is 0 Å². The number of hydrogen-bond donors (Lipinski definition) is 2. The van der Waals surface area contributed by atoms with Crippen LogP contribution in [0.15, 0.2) is 18.2 Å². The van der Waals surface area contributed by atoms with Crippen LogP contribution in [0.25, 0.3) is 10.1 Å². The van der Waals surface area contributed by atoms with E-state index in [-0.39, 0.29) is 11.9 Å². The number of halogens is 1. The number of nitrogens with two attached hydrogens (primary N) is 1. The van der Waals surface area contributed by atoms with Gasteiger partial charge >= 0.3 is 0 Å². The van der Waals surface area contributed by atoms with Gasteiger partial charge in [0, 0.05) is 44.0 Å². The monoisotopic (exact) mass is 330 g/mol. The Kier molecular flexibility index (Phi) is 4.67. The molecule has 4 nitrogen and oxygen atoms in total. The lowest BCUT2D eigenvalue weighted by Crippen LogP contribution is -2.36. The van der Waals surface area contributed by atoms with Gasteiger partial charge in [0.05, 0.1) is 5.69 Å². The predicted octanol–water partition coefficient (Wildman–Crippen LogP) is 2.63. The van der Waals surface area contributed by atoms with E-state index in [4.69, 9.17) is 17.3 Å². The zero-order valence-electron chi connectivity index (χ0n) is 11.1. The van der Waals surface area contributed by atoms with E-state index in [1.165, 1.54) is 11.3 Å². The molecule has 1 aromatic heterocycles. The number of benzene rings is 1. The summed E-state index contributed by atoms with van der Waals surface area (Å²) in [5, 5.41) is 4.19. The van der Waals surface area contributed by atoms with Crippen molar-refractivity contribution in [2.75, 3.05) is 17.7 Å². The van der Waals surface area contributed by atoms with E-state index in [0.29, 0.717) is 21.3 Å². The molecule has 0 saturated heterocycles. The summed E-state index contributed by atoms with van der Waals surface area (Å²) in [4.78, 5) is 12.7. The third kappa shape index (κ3) is 3.31.